The quantitative estimate of drug-likeness (QED) is 0.583. The monoisotopic (exact) mass is 430 g/mol. The molecule has 0 unspecified atom stereocenters. The Hall–Kier alpha value is -1.82. The standard InChI is InChI=1S/C20H19IN2O/c21-16-7-5-15(6-8-16)20(24)23-11-9-14(10-12-23)18-13-22-19-4-2-1-3-17(18)19/h1-8,13-14,22H,9-12H2. The van der Waals surface area contributed by atoms with E-state index in [4.69, 9.17) is 0 Å². The number of amides is 1. The second kappa shape index (κ2) is 6.59. The molecule has 3 nitrogen and oxygen atoms in total. The summed E-state index contributed by atoms with van der Waals surface area (Å²) in [4.78, 5) is 18.0. The lowest BCUT2D eigenvalue weighted by molar-refractivity contribution is 0.0713. The first-order valence-corrected chi connectivity index (χ1v) is 9.41. The minimum absolute atomic E-state index is 0.156. The summed E-state index contributed by atoms with van der Waals surface area (Å²) in [6, 6.07) is 16.3. The SMILES string of the molecule is O=C(c1ccc(I)cc1)N1CCC(c2c[nH]c3ccccc23)CC1. The number of carbonyl (C=O) groups is 1. The van der Waals surface area contributed by atoms with Crippen LogP contribution in [0.25, 0.3) is 10.9 Å². The van der Waals surface area contributed by atoms with Crippen LogP contribution in [0.4, 0.5) is 0 Å². The molecule has 0 radical (unpaired) electrons. The summed E-state index contributed by atoms with van der Waals surface area (Å²) in [5.74, 6) is 0.686. The van der Waals surface area contributed by atoms with Crippen molar-refractivity contribution in [2.24, 2.45) is 0 Å². The maximum Gasteiger partial charge on any atom is 0.253 e. The van der Waals surface area contributed by atoms with Gasteiger partial charge < -0.3 is 9.88 Å². The highest BCUT2D eigenvalue weighted by atomic mass is 127. The lowest BCUT2D eigenvalue weighted by Crippen LogP contribution is -2.37. The van der Waals surface area contributed by atoms with E-state index in [-0.39, 0.29) is 5.91 Å². The normalized spacial score (nSPS) is 15.8. The maximum atomic E-state index is 12.6. The number of H-pyrrole nitrogens is 1. The average Bonchev–Trinajstić information content (AvgIpc) is 3.06. The van der Waals surface area contributed by atoms with Gasteiger partial charge in [-0.1, -0.05) is 18.2 Å². The van der Waals surface area contributed by atoms with Crippen LogP contribution in [0.2, 0.25) is 0 Å². The third-order valence-electron chi connectivity index (χ3n) is 4.93. The van der Waals surface area contributed by atoms with Gasteiger partial charge in [-0.3, -0.25) is 4.79 Å². The summed E-state index contributed by atoms with van der Waals surface area (Å²) in [6.45, 7) is 1.66. The van der Waals surface area contributed by atoms with Crippen LogP contribution >= 0.6 is 22.6 Å². The Labute approximate surface area is 155 Å². The van der Waals surface area contributed by atoms with Gasteiger partial charge in [0.25, 0.3) is 5.91 Å². The molecular formula is C20H19IN2O. The summed E-state index contributed by atoms with van der Waals surface area (Å²) < 4.78 is 1.15. The predicted octanol–water partition coefficient (Wildman–Crippen LogP) is 4.79. The van der Waals surface area contributed by atoms with E-state index in [9.17, 15) is 4.79 Å². The molecule has 0 spiro atoms. The van der Waals surface area contributed by atoms with Gasteiger partial charge in [0.05, 0.1) is 0 Å². The zero-order chi connectivity index (χ0) is 16.5. The number of para-hydroxylation sites is 1. The van der Waals surface area contributed by atoms with Crippen molar-refractivity contribution in [3.8, 4) is 0 Å². The molecule has 2 heterocycles. The summed E-state index contributed by atoms with van der Waals surface area (Å²) >= 11 is 2.26. The van der Waals surface area contributed by atoms with Gasteiger partial charge in [0.15, 0.2) is 0 Å². The minimum atomic E-state index is 0.156. The van der Waals surface area contributed by atoms with Crippen molar-refractivity contribution in [2.45, 2.75) is 18.8 Å². The van der Waals surface area contributed by atoms with E-state index < -0.39 is 0 Å². The number of halogens is 1. The first-order valence-electron chi connectivity index (χ1n) is 8.33. The lowest BCUT2D eigenvalue weighted by Gasteiger charge is -2.32. The van der Waals surface area contributed by atoms with Crippen molar-refractivity contribution in [3.05, 3.63) is 69.4 Å². The molecule has 3 aromatic rings. The largest absolute Gasteiger partial charge is 0.361 e. The number of likely N-dealkylation sites (tertiary alicyclic amines) is 1. The molecule has 4 heteroatoms. The van der Waals surface area contributed by atoms with Crippen LogP contribution in [0, 0.1) is 3.57 Å². The van der Waals surface area contributed by atoms with E-state index in [1.165, 1.54) is 16.5 Å². The van der Waals surface area contributed by atoms with Crippen LogP contribution in [0.5, 0.6) is 0 Å². The molecule has 1 aliphatic heterocycles. The number of benzene rings is 2. The molecule has 1 N–H and O–H groups in total. The van der Waals surface area contributed by atoms with Gasteiger partial charge in [-0.15, -0.1) is 0 Å². The van der Waals surface area contributed by atoms with E-state index in [0.717, 1.165) is 35.1 Å². The maximum absolute atomic E-state index is 12.6. The lowest BCUT2D eigenvalue weighted by atomic mass is 9.89. The second-order valence-corrected chi connectivity index (χ2v) is 7.61. The van der Waals surface area contributed by atoms with Gasteiger partial charge in [0, 0.05) is 39.3 Å². The number of aromatic amines is 1. The molecule has 0 saturated carbocycles. The Balaban J connectivity index is 1.47. The first kappa shape index (κ1) is 15.7. The highest BCUT2D eigenvalue weighted by Crippen LogP contribution is 2.33. The van der Waals surface area contributed by atoms with Crippen molar-refractivity contribution in [2.75, 3.05) is 13.1 Å². The van der Waals surface area contributed by atoms with Crippen molar-refractivity contribution in [1.29, 1.82) is 0 Å². The van der Waals surface area contributed by atoms with Gasteiger partial charge in [0.2, 0.25) is 0 Å². The minimum Gasteiger partial charge on any atom is -0.361 e. The summed E-state index contributed by atoms with van der Waals surface area (Å²) in [6.07, 6.45) is 4.20. The summed E-state index contributed by atoms with van der Waals surface area (Å²) in [7, 11) is 0. The fourth-order valence-electron chi connectivity index (χ4n) is 3.60. The van der Waals surface area contributed by atoms with E-state index in [1.807, 2.05) is 29.2 Å². The van der Waals surface area contributed by atoms with E-state index in [1.54, 1.807) is 0 Å². The van der Waals surface area contributed by atoms with Crippen LogP contribution in [0.1, 0.15) is 34.7 Å². The Morgan fingerprint density at radius 1 is 1.04 bits per heavy atom. The third kappa shape index (κ3) is 2.95. The van der Waals surface area contributed by atoms with Crippen molar-refractivity contribution < 1.29 is 4.79 Å². The van der Waals surface area contributed by atoms with Crippen molar-refractivity contribution in [3.63, 3.8) is 0 Å². The van der Waals surface area contributed by atoms with Crippen LogP contribution in [0.15, 0.2) is 54.7 Å². The molecule has 24 heavy (non-hydrogen) atoms. The van der Waals surface area contributed by atoms with Crippen LogP contribution in [-0.2, 0) is 0 Å². The molecule has 0 atom stereocenters. The number of aromatic nitrogens is 1. The Morgan fingerprint density at radius 3 is 2.50 bits per heavy atom. The van der Waals surface area contributed by atoms with E-state index >= 15 is 0 Å². The Kier molecular flexibility index (Phi) is 4.31. The zero-order valence-corrected chi connectivity index (χ0v) is 15.5. The molecule has 1 aromatic heterocycles. The van der Waals surface area contributed by atoms with E-state index in [2.05, 4.69) is 58.0 Å². The average molecular weight is 430 g/mol. The number of carbonyl (C=O) groups excluding carboxylic acids is 1. The van der Waals surface area contributed by atoms with Crippen molar-refractivity contribution >= 4 is 39.4 Å². The van der Waals surface area contributed by atoms with Crippen molar-refractivity contribution in [1.82, 2.24) is 9.88 Å². The number of hydrogen-bond donors (Lipinski definition) is 1. The third-order valence-corrected chi connectivity index (χ3v) is 5.65. The smallest absolute Gasteiger partial charge is 0.253 e. The fraction of sp³-hybridized carbons (Fsp3) is 0.250. The zero-order valence-electron chi connectivity index (χ0n) is 13.3. The van der Waals surface area contributed by atoms with Gasteiger partial charge in [-0.05, 0) is 77.2 Å². The van der Waals surface area contributed by atoms with E-state index in [0.29, 0.717) is 5.92 Å². The molecule has 122 valence electrons. The van der Waals surface area contributed by atoms with Crippen LogP contribution < -0.4 is 0 Å². The molecule has 1 amide bonds. The molecule has 0 bridgehead atoms. The molecule has 2 aromatic carbocycles. The fourth-order valence-corrected chi connectivity index (χ4v) is 3.96. The Bertz CT molecular complexity index is 861. The van der Waals surface area contributed by atoms with Gasteiger partial charge in [0.1, 0.15) is 0 Å². The van der Waals surface area contributed by atoms with Crippen LogP contribution in [-0.4, -0.2) is 28.9 Å². The summed E-state index contributed by atoms with van der Waals surface area (Å²) in [5.41, 5.74) is 3.39. The number of nitrogens with zero attached hydrogens (tertiary/aromatic N) is 1. The van der Waals surface area contributed by atoms with Crippen LogP contribution in [0.3, 0.4) is 0 Å². The molecule has 1 aliphatic rings. The number of rotatable bonds is 2. The molecule has 1 saturated heterocycles. The predicted molar refractivity (Wildman–Crippen MR) is 105 cm³/mol. The number of nitrogens with one attached hydrogen (secondary N) is 1. The molecule has 4 rings (SSSR count). The number of hydrogen-bond acceptors (Lipinski definition) is 1. The highest BCUT2D eigenvalue weighted by Gasteiger charge is 2.25. The van der Waals surface area contributed by atoms with Gasteiger partial charge in [-0.2, -0.15) is 0 Å². The highest BCUT2D eigenvalue weighted by molar-refractivity contribution is 14.1. The first-order chi connectivity index (χ1) is 11.7. The second-order valence-electron chi connectivity index (χ2n) is 6.36. The molecule has 0 aliphatic carbocycles. The number of piperidine rings is 1. The van der Waals surface area contributed by atoms with Gasteiger partial charge in [-0.25, -0.2) is 0 Å². The summed E-state index contributed by atoms with van der Waals surface area (Å²) in [5, 5.41) is 1.32. The Morgan fingerprint density at radius 2 is 1.75 bits per heavy atom. The number of fused-ring (bicyclic) bond motifs is 1. The van der Waals surface area contributed by atoms with Gasteiger partial charge >= 0.3 is 0 Å². The molecule has 1 fully saturated rings. The topological polar surface area (TPSA) is 36.1 Å². The molecular weight excluding hydrogens is 411 g/mol.